The molecule has 0 radical (unpaired) electrons. The fourth-order valence-electron chi connectivity index (χ4n) is 2.62. The maximum atomic E-state index is 11.8. The minimum atomic E-state index is 0.138. The summed E-state index contributed by atoms with van der Waals surface area (Å²) in [5.41, 5.74) is 1.17. The number of carbonyl (C=O) groups excluding carboxylic acids is 1. The van der Waals surface area contributed by atoms with Gasteiger partial charge in [-0.3, -0.25) is 4.79 Å². The zero-order valence-corrected chi connectivity index (χ0v) is 12.8. The highest BCUT2D eigenvalue weighted by Crippen LogP contribution is 2.26. The molecule has 0 saturated carbocycles. The fourth-order valence-corrected chi connectivity index (χ4v) is 2.62. The Kier molecular flexibility index (Phi) is 4.65. The van der Waals surface area contributed by atoms with Crippen molar-refractivity contribution >= 4 is 5.91 Å². The molecule has 1 heterocycles. The molecule has 2 rings (SSSR count). The maximum absolute atomic E-state index is 11.8. The van der Waals surface area contributed by atoms with Crippen molar-refractivity contribution in [1.29, 1.82) is 0 Å². The summed E-state index contributed by atoms with van der Waals surface area (Å²) in [6, 6.07) is 8.25. The summed E-state index contributed by atoms with van der Waals surface area (Å²) in [6.07, 6.45) is 0.176. The van der Waals surface area contributed by atoms with Crippen molar-refractivity contribution in [2.45, 2.75) is 32.9 Å². The van der Waals surface area contributed by atoms with Gasteiger partial charge in [0.25, 0.3) is 0 Å². The van der Waals surface area contributed by atoms with Crippen molar-refractivity contribution in [2.24, 2.45) is 0 Å². The number of hydrogen-bond donors (Lipinski definition) is 0. The molecule has 1 aliphatic rings. The molecule has 110 valence electrons. The highest BCUT2D eigenvalue weighted by molar-refractivity contribution is 5.74. The number of likely N-dealkylation sites (N-methyl/N-ethyl adjacent to an activating group) is 1. The van der Waals surface area contributed by atoms with Gasteiger partial charge in [-0.2, -0.15) is 0 Å². The van der Waals surface area contributed by atoms with E-state index in [1.54, 1.807) is 6.92 Å². The van der Waals surface area contributed by atoms with Gasteiger partial charge in [-0.1, -0.05) is 12.1 Å². The lowest BCUT2D eigenvalue weighted by atomic mass is 10.0. The number of nitrogens with zero attached hydrogens (tertiary/aromatic N) is 2. The van der Waals surface area contributed by atoms with Crippen LogP contribution in [0.25, 0.3) is 0 Å². The van der Waals surface area contributed by atoms with E-state index < -0.39 is 0 Å². The molecule has 1 amide bonds. The Balaban J connectivity index is 2.17. The molecular formula is C16H24N2O2. The lowest BCUT2D eigenvalue weighted by Gasteiger charge is -2.39. The van der Waals surface area contributed by atoms with E-state index in [0.29, 0.717) is 0 Å². The molecule has 0 aromatic heterocycles. The number of amides is 1. The number of ether oxygens (including phenoxy) is 1. The molecule has 0 aliphatic carbocycles. The molecule has 20 heavy (non-hydrogen) atoms. The van der Waals surface area contributed by atoms with Crippen LogP contribution in [0, 0.1) is 0 Å². The number of benzene rings is 1. The molecule has 1 aromatic rings. The molecular weight excluding hydrogens is 252 g/mol. The van der Waals surface area contributed by atoms with Crippen molar-refractivity contribution in [2.75, 3.05) is 26.7 Å². The first-order valence-electron chi connectivity index (χ1n) is 7.19. The Morgan fingerprint density at radius 1 is 1.25 bits per heavy atom. The first kappa shape index (κ1) is 14.9. The minimum Gasteiger partial charge on any atom is -0.491 e. The zero-order valence-electron chi connectivity index (χ0n) is 12.8. The third-order valence-electron chi connectivity index (χ3n) is 3.62. The predicted molar refractivity (Wildman–Crippen MR) is 79.8 cm³/mol. The Morgan fingerprint density at radius 3 is 2.45 bits per heavy atom. The summed E-state index contributed by atoms with van der Waals surface area (Å²) in [4.78, 5) is 16.0. The largest absolute Gasteiger partial charge is 0.491 e. The van der Waals surface area contributed by atoms with Gasteiger partial charge in [-0.05, 0) is 38.6 Å². The van der Waals surface area contributed by atoms with Crippen LogP contribution in [0.1, 0.15) is 32.4 Å². The molecule has 0 N–H and O–H groups in total. The standard InChI is InChI=1S/C16H24N2O2/c1-12(2)20-15-7-5-14(6-8-15)16-11-17(4)9-10-18(16)13(3)19/h5-8,12,16H,9-11H2,1-4H3/t16-/m0/s1. The fraction of sp³-hybridized carbons (Fsp3) is 0.562. The number of hydrogen-bond acceptors (Lipinski definition) is 3. The van der Waals surface area contributed by atoms with Gasteiger partial charge >= 0.3 is 0 Å². The number of rotatable bonds is 3. The van der Waals surface area contributed by atoms with Crippen LogP contribution in [-0.2, 0) is 4.79 Å². The Bertz CT molecular complexity index is 456. The van der Waals surface area contributed by atoms with E-state index in [1.165, 1.54) is 5.56 Å². The molecule has 1 saturated heterocycles. The molecule has 4 heteroatoms. The van der Waals surface area contributed by atoms with Crippen LogP contribution in [0.2, 0.25) is 0 Å². The van der Waals surface area contributed by atoms with E-state index in [4.69, 9.17) is 4.74 Å². The van der Waals surface area contributed by atoms with Crippen LogP contribution in [0.5, 0.6) is 5.75 Å². The molecule has 0 spiro atoms. The molecule has 1 atom stereocenters. The second kappa shape index (κ2) is 6.27. The summed E-state index contributed by atoms with van der Waals surface area (Å²) >= 11 is 0. The van der Waals surface area contributed by atoms with E-state index in [-0.39, 0.29) is 18.1 Å². The summed E-state index contributed by atoms with van der Waals surface area (Å²) < 4.78 is 5.66. The molecule has 1 aliphatic heterocycles. The van der Waals surface area contributed by atoms with E-state index >= 15 is 0 Å². The third kappa shape index (κ3) is 3.51. The summed E-state index contributed by atoms with van der Waals surface area (Å²) in [5.74, 6) is 1.02. The summed E-state index contributed by atoms with van der Waals surface area (Å²) in [6.45, 7) is 8.28. The molecule has 1 aromatic carbocycles. The van der Waals surface area contributed by atoms with E-state index in [1.807, 2.05) is 30.9 Å². The quantitative estimate of drug-likeness (QED) is 0.849. The molecule has 4 nitrogen and oxygen atoms in total. The highest BCUT2D eigenvalue weighted by atomic mass is 16.5. The Hall–Kier alpha value is -1.55. The van der Waals surface area contributed by atoms with Crippen LogP contribution in [-0.4, -0.2) is 48.5 Å². The van der Waals surface area contributed by atoms with Gasteiger partial charge in [0, 0.05) is 26.6 Å². The van der Waals surface area contributed by atoms with Gasteiger partial charge in [0.2, 0.25) is 5.91 Å². The van der Waals surface area contributed by atoms with Crippen LogP contribution < -0.4 is 4.74 Å². The van der Waals surface area contributed by atoms with Gasteiger partial charge in [0.1, 0.15) is 5.75 Å². The van der Waals surface area contributed by atoms with Gasteiger partial charge in [-0.25, -0.2) is 0 Å². The highest BCUT2D eigenvalue weighted by Gasteiger charge is 2.28. The lowest BCUT2D eigenvalue weighted by Crippen LogP contribution is -2.48. The Labute approximate surface area is 121 Å². The minimum absolute atomic E-state index is 0.138. The normalized spacial score (nSPS) is 20.2. The van der Waals surface area contributed by atoms with Gasteiger partial charge < -0.3 is 14.5 Å². The molecule has 0 unspecified atom stereocenters. The summed E-state index contributed by atoms with van der Waals surface area (Å²) in [5, 5.41) is 0. The van der Waals surface area contributed by atoms with Crippen LogP contribution in [0.4, 0.5) is 0 Å². The van der Waals surface area contributed by atoms with Crippen LogP contribution in [0.15, 0.2) is 24.3 Å². The lowest BCUT2D eigenvalue weighted by molar-refractivity contribution is -0.133. The number of carbonyl (C=O) groups is 1. The monoisotopic (exact) mass is 276 g/mol. The van der Waals surface area contributed by atoms with Crippen LogP contribution in [0.3, 0.4) is 0 Å². The van der Waals surface area contributed by atoms with E-state index in [2.05, 4.69) is 24.1 Å². The predicted octanol–water partition coefficient (Wildman–Crippen LogP) is 2.31. The van der Waals surface area contributed by atoms with Crippen molar-refractivity contribution in [3.8, 4) is 5.75 Å². The number of piperazine rings is 1. The van der Waals surface area contributed by atoms with Crippen molar-refractivity contribution in [3.63, 3.8) is 0 Å². The second-order valence-electron chi connectivity index (χ2n) is 5.73. The second-order valence-corrected chi connectivity index (χ2v) is 5.73. The van der Waals surface area contributed by atoms with E-state index in [0.717, 1.165) is 25.4 Å². The topological polar surface area (TPSA) is 32.8 Å². The Morgan fingerprint density at radius 2 is 1.90 bits per heavy atom. The van der Waals surface area contributed by atoms with E-state index in [9.17, 15) is 4.79 Å². The van der Waals surface area contributed by atoms with Gasteiger partial charge in [0.15, 0.2) is 0 Å². The van der Waals surface area contributed by atoms with Crippen molar-refractivity contribution < 1.29 is 9.53 Å². The summed E-state index contributed by atoms with van der Waals surface area (Å²) in [7, 11) is 2.10. The van der Waals surface area contributed by atoms with Crippen molar-refractivity contribution in [1.82, 2.24) is 9.80 Å². The van der Waals surface area contributed by atoms with Crippen LogP contribution >= 0.6 is 0 Å². The third-order valence-corrected chi connectivity index (χ3v) is 3.62. The van der Waals surface area contributed by atoms with Crippen molar-refractivity contribution in [3.05, 3.63) is 29.8 Å². The SMILES string of the molecule is CC(=O)N1CCN(C)C[C@H]1c1ccc(OC(C)C)cc1. The maximum Gasteiger partial charge on any atom is 0.220 e. The van der Waals surface area contributed by atoms with Gasteiger partial charge in [0.05, 0.1) is 12.1 Å². The average Bonchev–Trinajstić information content (AvgIpc) is 2.38. The average molecular weight is 276 g/mol. The smallest absolute Gasteiger partial charge is 0.220 e. The zero-order chi connectivity index (χ0) is 14.7. The first-order valence-corrected chi connectivity index (χ1v) is 7.19. The molecule has 0 bridgehead atoms. The van der Waals surface area contributed by atoms with Gasteiger partial charge in [-0.15, -0.1) is 0 Å². The first-order chi connectivity index (χ1) is 9.47. The molecule has 1 fully saturated rings.